The van der Waals surface area contributed by atoms with Crippen molar-refractivity contribution in [3.8, 4) is 0 Å². The van der Waals surface area contributed by atoms with Crippen LogP contribution >= 0.6 is 0 Å². The van der Waals surface area contributed by atoms with Crippen LogP contribution in [0.2, 0.25) is 0 Å². The zero-order valence-corrected chi connectivity index (χ0v) is 11.4. The predicted octanol–water partition coefficient (Wildman–Crippen LogP) is 1.11. The topological polar surface area (TPSA) is 78.6 Å². The number of Topliss-reactive ketones (excluding diaryl/α,β-unsaturated/α-hetero) is 1. The lowest BCUT2D eigenvalue weighted by atomic mass is 9.96. The van der Waals surface area contributed by atoms with E-state index in [0.717, 1.165) is 5.57 Å². The Morgan fingerprint density at radius 3 is 2.68 bits per heavy atom. The van der Waals surface area contributed by atoms with Gasteiger partial charge < -0.3 is 15.2 Å². The lowest BCUT2D eigenvalue weighted by Crippen LogP contribution is -2.25. The molecule has 1 rings (SSSR count). The van der Waals surface area contributed by atoms with Gasteiger partial charge in [0.15, 0.2) is 5.76 Å². The molecule has 0 radical (unpaired) electrons. The Kier molecular flexibility index (Phi) is 5.51. The van der Waals surface area contributed by atoms with Crippen LogP contribution in [0.15, 0.2) is 35.6 Å². The molecular formula is C14H19NO4. The summed E-state index contributed by atoms with van der Waals surface area (Å²) in [5.74, 6) is -0.682. The Morgan fingerprint density at radius 2 is 2.16 bits per heavy atom. The molecule has 5 nitrogen and oxygen atoms in total. The van der Waals surface area contributed by atoms with Crippen LogP contribution in [0.25, 0.3) is 0 Å². The van der Waals surface area contributed by atoms with E-state index in [1.807, 2.05) is 6.08 Å². The highest BCUT2D eigenvalue weighted by atomic mass is 16.5. The molecule has 0 heterocycles. The van der Waals surface area contributed by atoms with E-state index in [1.54, 1.807) is 25.2 Å². The van der Waals surface area contributed by atoms with Crippen molar-refractivity contribution in [3.63, 3.8) is 0 Å². The first-order valence-corrected chi connectivity index (χ1v) is 5.99. The van der Waals surface area contributed by atoms with Gasteiger partial charge in [0.1, 0.15) is 6.10 Å². The van der Waals surface area contributed by atoms with Crippen LogP contribution in [-0.2, 0) is 19.1 Å². The van der Waals surface area contributed by atoms with Crippen LogP contribution < -0.4 is 5.73 Å². The van der Waals surface area contributed by atoms with Gasteiger partial charge >= 0.3 is 0 Å². The molecule has 2 atom stereocenters. The maximum atomic E-state index is 12.0. The first-order chi connectivity index (χ1) is 8.99. The summed E-state index contributed by atoms with van der Waals surface area (Å²) in [5, 5.41) is 0. The predicted molar refractivity (Wildman–Crippen MR) is 71.1 cm³/mol. The Bertz CT molecular complexity index is 448. The molecule has 5 heteroatoms. The third-order valence-electron chi connectivity index (χ3n) is 2.93. The minimum atomic E-state index is -0.716. The summed E-state index contributed by atoms with van der Waals surface area (Å²) in [7, 11) is 2.89. The van der Waals surface area contributed by atoms with Gasteiger partial charge in [-0.3, -0.25) is 9.59 Å². The van der Waals surface area contributed by atoms with Crippen molar-refractivity contribution in [2.24, 2.45) is 11.7 Å². The van der Waals surface area contributed by atoms with Crippen molar-refractivity contribution >= 4 is 11.7 Å². The molecule has 1 aliphatic rings. The molecule has 0 saturated heterocycles. The number of amides is 1. The molecule has 104 valence electrons. The average molecular weight is 265 g/mol. The van der Waals surface area contributed by atoms with Crippen LogP contribution in [0.5, 0.6) is 0 Å². The fourth-order valence-corrected chi connectivity index (χ4v) is 1.74. The maximum absolute atomic E-state index is 12.0. The Morgan fingerprint density at radius 1 is 1.47 bits per heavy atom. The normalized spacial score (nSPS) is 28.2. The third-order valence-corrected chi connectivity index (χ3v) is 2.93. The van der Waals surface area contributed by atoms with Gasteiger partial charge in [0, 0.05) is 13.0 Å². The number of ether oxygens (including phenoxy) is 2. The van der Waals surface area contributed by atoms with E-state index >= 15 is 0 Å². The van der Waals surface area contributed by atoms with Crippen LogP contribution in [0.3, 0.4) is 0 Å². The molecule has 0 fully saturated rings. The number of rotatable bonds is 5. The van der Waals surface area contributed by atoms with Gasteiger partial charge in [-0.2, -0.15) is 0 Å². The minimum absolute atomic E-state index is 0.237. The second-order valence-corrected chi connectivity index (χ2v) is 4.36. The number of hydrogen-bond acceptors (Lipinski definition) is 4. The van der Waals surface area contributed by atoms with E-state index in [-0.39, 0.29) is 23.4 Å². The number of primary amides is 1. The van der Waals surface area contributed by atoms with Crippen LogP contribution in [0, 0.1) is 5.92 Å². The van der Waals surface area contributed by atoms with E-state index in [4.69, 9.17) is 15.2 Å². The molecule has 1 amide bonds. The van der Waals surface area contributed by atoms with Crippen molar-refractivity contribution in [2.45, 2.75) is 19.4 Å². The molecule has 0 aromatic heterocycles. The lowest BCUT2D eigenvalue weighted by molar-refractivity contribution is -0.125. The van der Waals surface area contributed by atoms with E-state index in [9.17, 15) is 9.59 Å². The SMILES string of the molecule is CO/C1=C/C=C/C(CC(C)C(N)=O)=C\C(OC)C1=O. The highest BCUT2D eigenvalue weighted by Crippen LogP contribution is 2.18. The average Bonchev–Trinajstić information content (AvgIpc) is 2.37. The first-order valence-electron chi connectivity index (χ1n) is 5.99. The zero-order valence-electron chi connectivity index (χ0n) is 11.4. The van der Waals surface area contributed by atoms with E-state index in [0.29, 0.717) is 6.42 Å². The number of methoxy groups -OCH3 is 2. The van der Waals surface area contributed by atoms with Crippen molar-refractivity contribution in [3.05, 3.63) is 35.6 Å². The molecule has 0 aliphatic heterocycles. The molecule has 2 unspecified atom stereocenters. The fraction of sp³-hybridized carbons (Fsp3) is 0.429. The molecule has 0 aromatic rings. The lowest BCUT2D eigenvalue weighted by Gasteiger charge is -2.16. The molecular weight excluding hydrogens is 246 g/mol. The second-order valence-electron chi connectivity index (χ2n) is 4.36. The fourth-order valence-electron chi connectivity index (χ4n) is 1.74. The summed E-state index contributed by atoms with van der Waals surface area (Å²) in [6.07, 6.45) is 6.54. The molecule has 19 heavy (non-hydrogen) atoms. The second kappa shape index (κ2) is 6.89. The smallest absolute Gasteiger partial charge is 0.229 e. The highest BCUT2D eigenvalue weighted by Gasteiger charge is 2.22. The quantitative estimate of drug-likeness (QED) is 0.807. The summed E-state index contributed by atoms with van der Waals surface area (Å²) < 4.78 is 10.1. The van der Waals surface area contributed by atoms with Gasteiger partial charge in [0.05, 0.1) is 7.11 Å². The van der Waals surface area contributed by atoms with Crippen LogP contribution in [-0.4, -0.2) is 32.0 Å². The number of carbonyl (C=O) groups is 2. The van der Waals surface area contributed by atoms with Crippen LogP contribution in [0.1, 0.15) is 13.3 Å². The van der Waals surface area contributed by atoms with Gasteiger partial charge in [-0.05, 0) is 24.1 Å². The molecule has 0 bridgehead atoms. The summed E-state index contributed by atoms with van der Waals surface area (Å²) in [6, 6.07) is 0. The Labute approximate surface area is 112 Å². The van der Waals surface area contributed by atoms with Crippen LogP contribution in [0.4, 0.5) is 0 Å². The monoisotopic (exact) mass is 265 g/mol. The Hall–Kier alpha value is -1.88. The van der Waals surface area contributed by atoms with Gasteiger partial charge in [0.25, 0.3) is 0 Å². The molecule has 0 aromatic carbocycles. The minimum Gasteiger partial charge on any atom is -0.493 e. The molecule has 1 aliphatic carbocycles. The molecule has 2 N–H and O–H groups in total. The third kappa shape index (κ3) is 4.06. The number of nitrogens with two attached hydrogens (primary N) is 1. The first kappa shape index (κ1) is 15.2. The summed E-state index contributed by atoms with van der Waals surface area (Å²) in [6.45, 7) is 1.75. The van der Waals surface area contributed by atoms with Crippen molar-refractivity contribution in [1.29, 1.82) is 0 Å². The number of ketones is 1. The molecule has 0 saturated carbocycles. The van der Waals surface area contributed by atoms with E-state index < -0.39 is 6.10 Å². The highest BCUT2D eigenvalue weighted by molar-refractivity contribution is 5.99. The summed E-state index contributed by atoms with van der Waals surface area (Å²) >= 11 is 0. The number of carbonyl (C=O) groups excluding carboxylic acids is 2. The molecule has 0 spiro atoms. The standard InChI is InChI=1S/C14H19NO4/c1-9(14(15)17)7-10-5-4-6-11(18-2)13(16)12(8-10)19-3/h4-6,8-9,12H,7H2,1-3H3,(H2,15,17)/b5-4+,10-8+,11-6+. The van der Waals surface area contributed by atoms with Gasteiger partial charge in [-0.1, -0.05) is 19.1 Å². The van der Waals surface area contributed by atoms with Gasteiger partial charge in [0.2, 0.25) is 11.7 Å². The van der Waals surface area contributed by atoms with Gasteiger partial charge in [-0.25, -0.2) is 0 Å². The van der Waals surface area contributed by atoms with Crippen molar-refractivity contribution in [2.75, 3.05) is 14.2 Å². The number of allylic oxidation sites excluding steroid dienone is 4. The van der Waals surface area contributed by atoms with E-state index in [2.05, 4.69) is 0 Å². The largest absolute Gasteiger partial charge is 0.493 e. The summed E-state index contributed by atoms with van der Waals surface area (Å²) in [4.78, 5) is 23.1. The van der Waals surface area contributed by atoms with Crippen molar-refractivity contribution in [1.82, 2.24) is 0 Å². The zero-order chi connectivity index (χ0) is 14.4. The maximum Gasteiger partial charge on any atom is 0.229 e. The number of hydrogen-bond donors (Lipinski definition) is 1. The van der Waals surface area contributed by atoms with Gasteiger partial charge in [-0.15, -0.1) is 0 Å². The van der Waals surface area contributed by atoms with E-state index in [1.165, 1.54) is 14.2 Å². The Balaban J connectivity index is 3.00. The van der Waals surface area contributed by atoms with Crippen molar-refractivity contribution < 1.29 is 19.1 Å². The summed E-state index contributed by atoms with van der Waals surface area (Å²) in [5.41, 5.74) is 6.07.